The maximum absolute atomic E-state index is 11.6. The van der Waals surface area contributed by atoms with E-state index in [0.717, 1.165) is 25.9 Å². The summed E-state index contributed by atoms with van der Waals surface area (Å²) < 4.78 is 4.79. The first-order chi connectivity index (χ1) is 9.26. The van der Waals surface area contributed by atoms with Crippen molar-refractivity contribution in [3.8, 4) is 0 Å². The molecule has 0 spiro atoms. The van der Waals surface area contributed by atoms with Gasteiger partial charge in [0.05, 0.1) is 7.11 Å². The number of fused-ring (bicyclic) bond motifs is 1. The smallest absolute Gasteiger partial charge is 0.322 e. The molecule has 4 nitrogen and oxygen atoms in total. The number of hydrogen-bond donors (Lipinski definition) is 1. The van der Waals surface area contributed by atoms with E-state index in [1.807, 2.05) is 0 Å². The largest absolute Gasteiger partial charge is 0.468 e. The van der Waals surface area contributed by atoms with Crippen molar-refractivity contribution in [3.05, 3.63) is 29.8 Å². The average molecular weight is 262 g/mol. The maximum atomic E-state index is 11.6. The van der Waals surface area contributed by atoms with E-state index in [1.165, 1.54) is 24.8 Å². The predicted octanol–water partition coefficient (Wildman–Crippen LogP) is 1.59. The first-order valence-corrected chi connectivity index (χ1v) is 6.84. The molecule has 1 aliphatic heterocycles. The zero-order valence-electron chi connectivity index (χ0n) is 11.7. The van der Waals surface area contributed by atoms with Crippen LogP contribution in [-0.4, -0.2) is 39.3 Å². The number of carbonyl (C=O) groups excluding carboxylic acids is 1. The molecule has 1 aromatic carbocycles. The zero-order valence-corrected chi connectivity index (χ0v) is 11.7. The molecule has 19 heavy (non-hydrogen) atoms. The molecule has 1 atom stereocenters. The number of nitrogens with zero attached hydrogens (tertiary/aromatic N) is 1. The molecular weight excluding hydrogens is 240 g/mol. The molecule has 0 saturated carbocycles. The maximum Gasteiger partial charge on any atom is 0.322 e. The third kappa shape index (κ3) is 3.26. The molecule has 0 bridgehead atoms. The molecule has 1 unspecified atom stereocenters. The summed E-state index contributed by atoms with van der Waals surface area (Å²) in [6.45, 7) is 1.94. The van der Waals surface area contributed by atoms with Crippen LogP contribution < -0.4 is 10.2 Å². The number of methoxy groups -OCH3 is 1. The Hall–Kier alpha value is -1.55. The van der Waals surface area contributed by atoms with Crippen LogP contribution in [0.2, 0.25) is 0 Å². The third-order valence-electron chi connectivity index (χ3n) is 3.73. The van der Waals surface area contributed by atoms with Gasteiger partial charge in [-0.2, -0.15) is 0 Å². The van der Waals surface area contributed by atoms with Crippen LogP contribution in [0.5, 0.6) is 0 Å². The van der Waals surface area contributed by atoms with Gasteiger partial charge in [0.15, 0.2) is 0 Å². The van der Waals surface area contributed by atoms with Gasteiger partial charge in [0.25, 0.3) is 0 Å². The molecule has 1 heterocycles. The molecule has 0 fully saturated rings. The molecule has 104 valence electrons. The van der Waals surface area contributed by atoms with Crippen LogP contribution in [0, 0.1) is 0 Å². The first-order valence-electron chi connectivity index (χ1n) is 6.84. The molecule has 0 radical (unpaired) electrons. The van der Waals surface area contributed by atoms with E-state index in [4.69, 9.17) is 4.74 Å². The SMILES string of the molecule is CNC(CCN1CCCc2ccccc21)C(=O)OC. The van der Waals surface area contributed by atoms with Crippen molar-refractivity contribution in [2.75, 3.05) is 32.1 Å². The highest BCUT2D eigenvalue weighted by Crippen LogP contribution is 2.26. The topological polar surface area (TPSA) is 41.6 Å². The van der Waals surface area contributed by atoms with Crippen LogP contribution in [0.25, 0.3) is 0 Å². The van der Waals surface area contributed by atoms with Gasteiger partial charge in [-0.15, -0.1) is 0 Å². The number of para-hydroxylation sites is 1. The Morgan fingerprint density at radius 3 is 3.00 bits per heavy atom. The molecule has 2 rings (SSSR count). The summed E-state index contributed by atoms with van der Waals surface area (Å²) >= 11 is 0. The number of carbonyl (C=O) groups is 1. The van der Waals surface area contributed by atoms with Crippen molar-refractivity contribution in [2.24, 2.45) is 0 Å². The second-order valence-corrected chi connectivity index (χ2v) is 4.87. The Balaban J connectivity index is 1.99. The summed E-state index contributed by atoms with van der Waals surface area (Å²) in [5.41, 5.74) is 2.72. The van der Waals surface area contributed by atoms with Crippen LogP contribution in [-0.2, 0) is 16.0 Å². The van der Waals surface area contributed by atoms with Crippen molar-refractivity contribution in [3.63, 3.8) is 0 Å². The van der Waals surface area contributed by atoms with Crippen LogP contribution in [0.1, 0.15) is 18.4 Å². The second kappa shape index (κ2) is 6.57. The van der Waals surface area contributed by atoms with Crippen molar-refractivity contribution in [2.45, 2.75) is 25.3 Å². The molecule has 0 amide bonds. The molecule has 0 aliphatic carbocycles. The average Bonchev–Trinajstić information content (AvgIpc) is 2.47. The fourth-order valence-corrected chi connectivity index (χ4v) is 2.65. The Morgan fingerprint density at radius 2 is 2.26 bits per heavy atom. The van der Waals surface area contributed by atoms with Crippen LogP contribution in [0.4, 0.5) is 5.69 Å². The highest BCUT2D eigenvalue weighted by atomic mass is 16.5. The minimum atomic E-state index is -0.223. The van der Waals surface area contributed by atoms with Gasteiger partial charge in [-0.05, 0) is 37.9 Å². The number of likely N-dealkylation sites (N-methyl/N-ethyl adjacent to an activating group) is 1. The van der Waals surface area contributed by atoms with E-state index in [9.17, 15) is 4.79 Å². The lowest BCUT2D eigenvalue weighted by Crippen LogP contribution is -2.40. The molecule has 1 aromatic rings. The number of hydrogen-bond acceptors (Lipinski definition) is 4. The molecular formula is C15H22N2O2. The summed E-state index contributed by atoms with van der Waals surface area (Å²) in [6.07, 6.45) is 3.09. The Bertz CT molecular complexity index is 434. The van der Waals surface area contributed by atoms with E-state index in [1.54, 1.807) is 7.05 Å². The standard InChI is InChI=1S/C15H22N2O2/c1-16-13(15(18)19-2)9-11-17-10-5-7-12-6-3-4-8-14(12)17/h3-4,6,8,13,16H,5,7,9-11H2,1-2H3. The van der Waals surface area contributed by atoms with Crippen molar-refractivity contribution in [1.29, 1.82) is 0 Å². The Labute approximate surface area is 114 Å². The fraction of sp³-hybridized carbons (Fsp3) is 0.533. The number of anilines is 1. The van der Waals surface area contributed by atoms with E-state index in [-0.39, 0.29) is 12.0 Å². The number of aryl methyl sites for hydroxylation is 1. The van der Waals surface area contributed by atoms with Gasteiger partial charge < -0.3 is 15.0 Å². The summed E-state index contributed by atoms with van der Waals surface area (Å²) in [6, 6.07) is 8.30. The highest BCUT2D eigenvalue weighted by molar-refractivity contribution is 5.75. The van der Waals surface area contributed by atoms with Crippen molar-refractivity contribution < 1.29 is 9.53 Å². The summed E-state index contributed by atoms with van der Waals surface area (Å²) in [5, 5.41) is 3.02. The van der Waals surface area contributed by atoms with Gasteiger partial charge >= 0.3 is 5.97 Å². The van der Waals surface area contributed by atoms with Gasteiger partial charge in [0, 0.05) is 18.8 Å². The lowest BCUT2D eigenvalue weighted by molar-refractivity contribution is -0.143. The second-order valence-electron chi connectivity index (χ2n) is 4.87. The Morgan fingerprint density at radius 1 is 1.47 bits per heavy atom. The van der Waals surface area contributed by atoms with E-state index in [0.29, 0.717) is 0 Å². The van der Waals surface area contributed by atoms with Gasteiger partial charge in [0.2, 0.25) is 0 Å². The number of nitrogens with one attached hydrogen (secondary N) is 1. The minimum absolute atomic E-state index is 0.187. The van der Waals surface area contributed by atoms with Gasteiger partial charge in [-0.3, -0.25) is 4.79 Å². The molecule has 1 N–H and O–H groups in total. The number of ether oxygens (including phenoxy) is 1. The fourth-order valence-electron chi connectivity index (χ4n) is 2.65. The number of benzene rings is 1. The molecule has 0 aromatic heterocycles. The van der Waals surface area contributed by atoms with Gasteiger partial charge in [-0.1, -0.05) is 18.2 Å². The summed E-state index contributed by atoms with van der Waals surface area (Å²) in [4.78, 5) is 13.9. The summed E-state index contributed by atoms with van der Waals surface area (Å²) in [5.74, 6) is -0.187. The summed E-state index contributed by atoms with van der Waals surface area (Å²) in [7, 11) is 3.23. The van der Waals surface area contributed by atoms with Crippen molar-refractivity contribution in [1.82, 2.24) is 5.32 Å². The molecule has 1 aliphatic rings. The van der Waals surface area contributed by atoms with E-state index in [2.05, 4.69) is 34.5 Å². The highest BCUT2D eigenvalue weighted by Gasteiger charge is 2.20. The number of esters is 1. The lowest BCUT2D eigenvalue weighted by Gasteiger charge is -2.32. The van der Waals surface area contributed by atoms with Crippen molar-refractivity contribution >= 4 is 11.7 Å². The van der Waals surface area contributed by atoms with Gasteiger partial charge in [-0.25, -0.2) is 0 Å². The molecule has 4 heteroatoms. The zero-order chi connectivity index (χ0) is 13.7. The van der Waals surface area contributed by atoms with E-state index >= 15 is 0 Å². The normalized spacial score (nSPS) is 15.8. The van der Waals surface area contributed by atoms with E-state index < -0.39 is 0 Å². The lowest BCUT2D eigenvalue weighted by atomic mass is 10.0. The van der Waals surface area contributed by atoms with Crippen LogP contribution in [0.15, 0.2) is 24.3 Å². The van der Waals surface area contributed by atoms with Crippen LogP contribution in [0.3, 0.4) is 0 Å². The quantitative estimate of drug-likeness (QED) is 0.818. The monoisotopic (exact) mass is 262 g/mol. The third-order valence-corrected chi connectivity index (χ3v) is 3.73. The first kappa shape index (κ1) is 13.9. The van der Waals surface area contributed by atoms with Gasteiger partial charge in [0.1, 0.15) is 6.04 Å². The minimum Gasteiger partial charge on any atom is -0.468 e. The number of rotatable bonds is 5. The van der Waals surface area contributed by atoms with Crippen LogP contribution >= 0.6 is 0 Å². The molecule has 0 saturated heterocycles. The predicted molar refractivity (Wildman–Crippen MR) is 76.5 cm³/mol. The Kier molecular flexibility index (Phi) is 4.80.